The van der Waals surface area contributed by atoms with Crippen molar-refractivity contribution in [2.45, 2.75) is 70.9 Å². The lowest BCUT2D eigenvalue weighted by Crippen LogP contribution is -2.40. The zero-order chi connectivity index (χ0) is 29.4. The topological polar surface area (TPSA) is 124 Å². The number of ether oxygens (including phenoxy) is 1. The molecule has 1 saturated carbocycles. The van der Waals surface area contributed by atoms with Gasteiger partial charge in [0.05, 0.1) is 18.5 Å². The third kappa shape index (κ3) is 6.71. The molecule has 1 aromatic carbocycles. The Labute approximate surface area is 233 Å². The van der Waals surface area contributed by atoms with E-state index in [1.807, 2.05) is 11.5 Å². The van der Waals surface area contributed by atoms with Crippen LogP contribution in [-0.4, -0.2) is 51.1 Å². The summed E-state index contributed by atoms with van der Waals surface area (Å²) in [5, 5.41) is 15.4. The van der Waals surface area contributed by atoms with Gasteiger partial charge in [-0.2, -0.15) is 0 Å². The summed E-state index contributed by atoms with van der Waals surface area (Å²) < 4.78 is 6.99. The van der Waals surface area contributed by atoms with Gasteiger partial charge in [0.25, 0.3) is 0 Å². The minimum atomic E-state index is -1.46. The predicted octanol–water partition coefficient (Wildman–Crippen LogP) is 5.35. The molecule has 0 bridgehead atoms. The molecule has 0 amide bonds. The second-order valence-corrected chi connectivity index (χ2v) is 9.91. The van der Waals surface area contributed by atoms with Crippen LogP contribution in [0.5, 0.6) is 0 Å². The Bertz CT molecular complexity index is 1390. The van der Waals surface area contributed by atoms with Crippen LogP contribution in [0.3, 0.4) is 0 Å². The molecule has 1 fully saturated rings. The summed E-state index contributed by atoms with van der Waals surface area (Å²) in [6.45, 7) is 14.6. The largest absolute Gasteiger partial charge is 0.462 e. The number of carbonyl (C=O) groups excluding carboxylic acids is 4. The Morgan fingerprint density at radius 1 is 1.15 bits per heavy atom. The van der Waals surface area contributed by atoms with Crippen molar-refractivity contribution in [2.75, 3.05) is 6.61 Å². The van der Waals surface area contributed by atoms with Crippen molar-refractivity contribution < 1.29 is 33.9 Å². The van der Waals surface area contributed by atoms with Crippen LogP contribution in [0.1, 0.15) is 85.1 Å². The fourth-order valence-corrected chi connectivity index (χ4v) is 4.80. The molecule has 0 unspecified atom stereocenters. The van der Waals surface area contributed by atoms with Gasteiger partial charge in [-0.05, 0) is 44.4 Å². The molecule has 3 rings (SSSR count). The van der Waals surface area contributed by atoms with Crippen molar-refractivity contribution in [1.82, 2.24) is 4.57 Å². The number of nitrogens with zero attached hydrogens (tertiary/aromatic N) is 2. The zero-order valence-electron chi connectivity index (χ0n) is 23.2. The van der Waals surface area contributed by atoms with Gasteiger partial charge >= 0.3 is 11.9 Å². The van der Waals surface area contributed by atoms with Crippen LogP contribution < -0.4 is 0 Å². The van der Waals surface area contributed by atoms with Gasteiger partial charge < -0.3 is 19.2 Å². The maximum atomic E-state index is 13.8. The number of benzene rings is 1. The maximum Gasteiger partial charge on any atom is 0.338 e. The number of esters is 1. The highest BCUT2D eigenvalue weighted by molar-refractivity contribution is 6.48. The fourth-order valence-electron chi connectivity index (χ4n) is 4.80. The number of ketones is 2. The average molecular weight is 549 g/mol. The van der Waals surface area contributed by atoms with Gasteiger partial charge in [0, 0.05) is 41.2 Å². The maximum absolute atomic E-state index is 13.8. The molecule has 1 aliphatic carbocycles. The van der Waals surface area contributed by atoms with Gasteiger partial charge in [0.1, 0.15) is 11.3 Å². The van der Waals surface area contributed by atoms with Gasteiger partial charge in [-0.25, -0.2) is 9.59 Å². The van der Waals surface area contributed by atoms with Crippen LogP contribution in [0.15, 0.2) is 54.9 Å². The van der Waals surface area contributed by atoms with Crippen LogP contribution in [-0.2, 0) is 25.7 Å². The Morgan fingerprint density at radius 2 is 1.85 bits per heavy atom. The zero-order valence-corrected chi connectivity index (χ0v) is 23.2. The van der Waals surface area contributed by atoms with Gasteiger partial charge in [0.15, 0.2) is 5.78 Å². The van der Waals surface area contributed by atoms with Crippen molar-refractivity contribution in [3.05, 3.63) is 66.4 Å². The summed E-state index contributed by atoms with van der Waals surface area (Å²) in [6.07, 6.45) is 7.59. The minimum Gasteiger partial charge on any atom is -0.462 e. The number of aromatic nitrogens is 1. The second kappa shape index (κ2) is 13.3. The molecule has 9 nitrogen and oxygen atoms in total. The fraction of sp³-hybridized carbons (Fsp3) is 0.387. The standard InChI is InChI=1S/C31H36N2O7/c1-6-12-26(34)40-32-25(13-16-39-30(37)20(4)5)28(35)24-19-33(8-3)27-21(7-2)17-22(18-23(24)27)29(36)31(38)14-10-9-11-15-31/h6-7,17-19,38H,1-2,4,8-16H2,3,5H3/b32-25+. The first-order valence-electron chi connectivity index (χ1n) is 13.4. The number of hydrogen-bond donors (Lipinski definition) is 1. The highest BCUT2D eigenvalue weighted by Crippen LogP contribution is 2.34. The van der Waals surface area contributed by atoms with E-state index in [1.165, 1.54) is 13.0 Å². The lowest BCUT2D eigenvalue weighted by molar-refractivity contribution is -0.143. The number of fused-ring (bicyclic) bond motifs is 1. The van der Waals surface area contributed by atoms with E-state index in [9.17, 15) is 24.3 Å². The summed E-state index contributed by atoms with van der Waals surface area (Å²) >= 11 is 0. The summed E-state index contributed by atoms with van der Waals surface area (Å²) in [6, 6.07) is 3.30. The van der Waals surface area contributed by atoms with Crippen molar-refractivity contribution in [1.29, 1.82) is 0 Å². The van der Waals surface area contributed by atoms with Crippen LogP contribution >= 0.6 is 0 Å². The van der Waals surface area contributed by atoms with E-state index in [0.29, 0.717) is 35.9 Å². The second-order valence-electron chi connectivity index (χ2n) is 9.91. The summed E-state index contributed by atoms with van der Waals surface area (Å²) in [5.74, 6) is -2.29. The Hall–Kier alpha value is -4.11. The van der Waals surface area contributed by atoms with Gasteiger partial charge in [-0.15, -0.1) is 6.58 Å². The SMILES string of the molecule is C=CCC(=O)O/N=C(\CCOC(=O)C(=C)C)C(=O)c1cn(CC)c2c(C=C)cc(C(=O)C3(O)CCCCC3)cc12. The number of hydrogen-bond acceptors (Lipinski definition) is 8. The average Bonchev–Trinajstić information content (AvgIpc) is 3.32. The van der Waals surface area contributed by atoms with Crippen LogP contribution in [0.4, 0.5) is 0 Å². The highest BCUT2D eigenvalue weighted by atomic mass is 16.7. The lowest BCUT2D eigenvalue weighted by atomic mass is 9.79. The van der Waals surface area contributed by atoms with Crippen molar-refractivity contribution in [2.24, 2.45) is 5.16 Å². The predicted molar refractivity (Wildman–Crippen MR) is 153 cm³/mol. The van der Waals surface area contributed by atoms with E-state index in [4.69, 9.17) is 9.57 Å². The third-order valence-electron chi connectivity index (χ3n) is 6.92. The summed E-state index contributed by atoms with van der Waals surface area (Å²) in [4.78, 5) is 56.1. The first-order valence-corrected chi connectivity index (χ1v) is 13.4. The van der Waals surface area contributed by atoms with Crippen molar-refractivity contribution in [3.63, 3.8) is 0 Å². The molecule has 2 aromatic rings. The summed E-state index contributed by atoms with van der Waals surface area (Å²) in [7, 11) is 0. The molecule has 40 heavy (non-hydrogen) atoms. The van der Waals surface area contributed by atoms with Crippen LogP contribution in [0.2, 0.25) is 0 Å². The molecule has 1 aromatic heterocycles. The van der Waals surface area contributed by atoms with Gasteiger partial charge in [-0.1, -0.05) is 49.7 Å². The van der Waals surface area contributed by atoms with Crippen molar-refractivity contribution >= 4 is 46.2 Å². The van der Waals surface area contributed by atoms with E-state index in [1.54, 1.807) is 24.4 Å². The quantitative estimate of drug-likeness (QED) is 0.0680. The highest BCUT2D eigenvalue weighted by Gasteiger charge is 2.38. The van der Waals surface area contributed by atoms with E-state index in [0.717, 1.165) is 19.3 Å². The van der Waals surface area contributed by atoms with Gasteiger partial charge in [-0.3, -0.25) is 9.59 Å². The normalized spacial score (nSPS) is 14.8. The summed E-state index contributed by atoms with van der Waals surface area (Å²) in [5.41, 5.74) is 0.404. The first kappa shape index (κ1) is 30.4. The Morgan fingerprint density at radius 3 is 2.45 bits per heavy atom. The lowest BCUT2D eigenvalue weighted by Gasteiger charge is -2.30. The molecule has 0 aliphatic heterocycles. The number of aryl methyl sites for hydroxylation is 1. The van der Waals surface area contributed by atoms with E-state index >= 15 is 0 Å². The minimum absolute atomic E-state index is 0.109. The van der Waals surface area contributed by atoms with E-state index < -0.39 is 23.3 Å². The molecular formula is C31H36N2O7. The molecule has 0 atom stereocenters. The Balaban J connectivity index is 2.09. The number of aliphatic hydroxyl groups is 1. The molecule has 1 aliphatic rings. The smallest absolute Gasteiger partial charge is 0.338 e. The molecule has 0 radical (unpaired) electrons. The molecule has 212 valence electrons. The molecule has 9 heteroatoms. The van der Waals surface area contributed by atoms with Gasteiger partial charge in [0.2, 0.25) is 5.78 Å². The molecule has 0 spiro atoms. The molecular weight excluding hydrogens is 512 g/mol. The van der Waals surface area contributed by atoms with E-state index in [-0.39, 0.29) is 47.6 Å². The first-order chi connectivity index (χ1) is 19.1. The number of rotatable bonds is 13. The Kier molecular flexibility index (Phi) is 10.1. The molecule has 0 saturated heterocycles. The number of carbonyl (C=O) groups is 4. The van der Waals surface area contributed by atoms with Crippen LogP contribution in [0.25, 0.3) is 17.0 Å². The van der Waals surface area contributed by atoms with Crippen molar-refractivity contribution in [3.8, 4) is 0 Å². The number of Topliss-reactive ketones (excluding diaryl/α,β-unsaturated/α-hetero) is 2. The molecule has 1 N–H and O–H groups in total. The molecule has 1 heterocycles. The monoisotopic (exact) mass is 548 g/mol. The van der Waals surface area contributed by atoms with E-state index in [2.05, 4.69) is 24.9 Å². The number of oxime groups is 1. The third-order valence-corrected chi connectivity index (χ3v) is 6.92. The van der Waals surface area contributed by atoms with Crippen LogP contribution in [0, 0.1) is 0 Å².